The molecule has 4 nitrogen and oxygen atoms in total. The van der Waals surface area contributed by atoms with Crippen LogP contribution >= 0.6 is 0 Å². The Morgan fingerprint density at radius 2 is 1.91 bits per heavy atom. The summed E-state index contributed by atoms with van der Waals surface area (Å²) in [6.07, 6.45) is 1.50. The van der Waals surface area contributed by atoms with Gasteiger partial charge >= 0.3 is 5.63 Å². The van der Waals surface area contributed by atoms with Gasteiger partial charge in [0.15, 0.2) is 0 Å². The second kappa shape index (κ2) is 6.23. The Labute approximate surface area is 130 Å². The molecule has 118 valence electrons. The standard InChI is InChI=1S/C18H23NO3/c1-4-14-5-6-17-16(7-14)15(8-18(20)22-17)11-19-9-12(2)21-13(3)10-19/h5-8,12-13H,4,9-11H2,1-3H3/p+1/t12-,13+. The fourth-order valence-electron chi connectivity index (χ4n) is 3.44. The summed E-state index contributed by atoms with van der Waals surface area (Å²) < 4.78 is 11.1. The number of nitrogens with one attached hydrogen (secondary N) is 1. The zero-order valence-electron chi connectivity index (χ0n) is 13.5. The van der Waals surface area contributed by atoms with Crippen LogP contribution in [0, 0.1) is 0 Å². The number of rotatable bonds is 3. The molecule has 4 heteroatoms. The van der Waals surface area contributed by atoms with Crippen molar-refractivity contribution in [2.75, 3.05) is 13.1 Å². The van der Waals surface area contributed by atoms with Gasteiger partial charge in [-0.2, -0.15) is 0 Å². The molecule has 2 heterocycles. The summed E-state index contributed by atoms with van der Waals surface area (Å²) in [4.78, 5) is 13.3. The molecule has 1 aliphatic rings. The molecule has 1 aromatic carbocycles. The minimum absolute atomic E-state index is 0.260. The number of ether oxygens (including phenoxy) is 1. The van der Waals surface area contributed by atoms with Gasteiger partial charge in [-0.1, -0.05) is 13.0 Å². The van der Waals surface area contributed by atoms with Crippen molar-refractivity contribution in [2.45, 2.75) is 45.9 Å². The van der Waals surface area contributed by atoms with Crippen molar-refractivity contribution in [1.82, 2.24) is 0 Å². The number of hydrogen-bond acceptors (Lipinski definition) is 3. The third-order valence-corrected chi connectivity index (χ3v) is 4.36. The van der Waals surface area contributed by atoms with Gasteiger partial charge in [0.25, 0.3) is 0 Å². The van der Waals surface area contributed by atoms with E-state index in [2.05, 4.69) is 26.8 Å². The van der Waals surface area contributed by atoms with Crippen molar-refractivity contribution in [1.29, 1.82) is 0 Å². The van der Waals surface area contributed by atoms with Crippen molar-refractivity contribution >= 4 is 11.0 Å². The molecule has 1 N–H and O–H groups in total. The Morgan fingerprint density at radius 1 is 1.18 bits per heavy atom. The minimum Gasteiger partial charge on any atom is -0.423 e. The first-order valence-corrected chi connectivity index (χ1v) is 8.10. The zero-order valence-corrected chi connectivity index (χ0v) is 13.5. The predicted molar refractivity (Wildman–Crippen MR) is 86.3 cm³/mol. The van der Waals surface area contributed by atoms with Crippen molar-refractivity contribution in [3.63, 3.8) is 0 Å². The van der Waals surface area contributed by atoms with Crippen LogP contribution in [-0.2, 0) is 17.7 Å². The van der Waals surface area contributed by atoms with E-state index in [4.69, 9.17) is 9.15 Å². The lowest BCUT2D eigenvalue weighted by Gasteiger charge is -2.32. The first-order valence-electron chi connectivity index (χ1n) is 8.10. The molecule has 0 radical (unpaired) electrons. The zero-order chi connectivity index (χ0) is 15.7. The van der Waals surface area contributed by atoms with Crippen LogP contribution in [0.2, 0.25) is 0 Å². The molecule has 1 unspecified atom stereocenters. The van der Waals surface area contributed by atoms with Gasteiger partial charge in [0.1, 0.15) is 37.4 Å². The Balaban J connectivity index is 1.96. The predicted octanol–water partition coefficient (Wildman–Crippen LogP) is 1.55. The molecule has 1 fully saturated rings. The first-order chi connectivity index (χ1) is 10.5. The van der Waals surface area contributed by atoms with Crippen LogP contribution in [0.3, 0.4) is 0 Å². The summed E-state index contributed by atoms with van der Waals surface area (Å²) >= 11 is 0. The van der Waals surface area contributed by atoms with Crippen LogP contribution in [0.1, 0.15) is 31.9 Å². The molecule has 3 atom stereocenters. The maximum atomic E-state index is 11.8. The van der Waals surface area contributed by atoms with E-state index in [1.54, 1.807) is 6.07 Å². The maximum absolute atomic E-state index is 11.8. The molecule has 22 heavy (non-hydrogen) atoms. The average molecular weight is 302 g/mol. The van der Waals surface area contributed by atoms with E-state index >= 15 is 0 Å². The van der Waals surface area contributed by atoms with Gasteiger partial charge < -0.3 is 14.1 Å². The minimum atomic E-state index is -0.263. The van der Waals surface area contributed by atoms with Gasteiger partial charge in [-0.15, -0.1) is 0 Å². The summed E-state index contributed by atoms with van der Waals surface area (Å²) in [5, 5.41) is 1.07. The highest BCUT2D eigenvalue weighted by Crippen LogP contribution is 2.19. The van der Waals surface area contributed by atoms with E-state index < -0.39 is 0 Å². The summed E-state index contributed by atoms with van der Waals surface area (Å²) in [5.41, 5.74) is 2.77. The highest BCUT2D eigenvalue weighted by atomic mass is 16.5. The summed E-state index contributed by atoms with van der Waals surface area (Å²) in [6.45, 7) is 9.15. The average Bonchev–Trinajstić information content (AvgIpc) is 2.45. The monoisotopic (exact) mass is 302 g/mol. The lowest BCUT2D eigenvalue weighted by atomic mass is 10.0. The molecule has 0 amide bonds. The van der Waals surface area contributed by atoms with E-state index in [0.717, 1.165) is 37.0 Å². The Kier molecular flexibility index (Phi) is 4.32. The van der Waals surface area contributed by atoms with E-state index in [1.807, 2.05) is 12.1 Å². The fraction of sp³-hybridized carbons (Fsp3) is 0.500. The quantitative estimate of drug-likeness (QED) is 0.875. The molecule has 0 saturated carbocycles. The summed E-state index contributed by atoms with van der Waals surface area (Å²) in [7, 11) is 0. The van der Waals surface area contributed by atoms with Gasteiger partial charge in [-0.25, -0.2) is 4.79 Å². The number of aryl methyl sites for hydroxylation is 1. The van der Waals surface area contributed by atoms with E-state index in [-0.39, 0.29) is 17.8 Å². The largest absolute Gasteiger partial charge is 0.423 e. The van der Waals surface area contributed by atoms with Crippen LogP contribution in [0.5, 0.6) is 0 Å². The normalized spacial score (nSPS) is 25.5. The molecular weight excluding hydrogens is 278 g/mol. The molecule has 1 aliphatic heterocycles. The van der Waals surface area contributed by atoms with Crippen LogP contribution in [0.25, 0.3) is 11.0 Å². The smallest absolute Gasteiger partial charge is 0.336 e. The van der Waals surface area contributed by atoms with Crippen LogP contribution in [0.15, 0.2) is 33.5 Å². The lowest BCUT2D eigenvalue weighted by molar-refractivity contribution is -0.928. The van der Waals surface area contributed by atoms with E-state index in [9.17, 15) is 4.79 Å². The van der Waals surface area contributed by atoms with Gasteiger partial charge in [0.05, 0.1) is 0 Å². The second-order valence-electron chi connectivity index (χ2n) is 6.37. The lowest BCUT2D eigenvalue weighted by Crippen LogP contribution is -3.14. The number of morpholine rings is 1. The number of benzene rings is 1. The Morgan fingerprint density at radius 3 is 2.59 bits per heavy atom. The number of fused-ring (bicyclic) bond motifs is 1. The highest BCUT2D eigenvalue weighted by molar-refractivity contribution is 5.80. The van der Waals surface area contributed by atoms with E-state index in [0.29, 0.717) is 5.58 Å². The number of hydrogen-bond donors (Lipinski definition) is 1. The molecule has 2 aromatic rings. The fourth-order valence-corrected chi connectivity index (χ4v) is 3.44. The molecule has 0 aliphatic carbocycles. The van der Waals surface area contributed by atoms with Crippen LogP contribution in [0.4, 0.5) is 0 Å². The van der Waals surface area contributed by atoms with Crippen LogP contribution < -0.4 is 10.5 Å². The highest BCUT2D eigenvalue weighted by Gasteiger charge is 2.26. The van der Waals surface area contributed by atoms with Crippen molar-refractivity contribution < 1.29 is 14.1 Å². The van der Waals surface area contributed by atoms with Crippen molar-refractivity contribution in [3.8, 4) is 0 Å². The third-order valence-electron chi connectivity index (χ3n) is 4.36. The molecular formula is C18H24NO3+. The van der Waals surface area contributed by atoms with Gasteiger partial charge in [0, 0.05) is 17.0 Å². The molecule has 0 bridgehead atoms. The third kappa shape index (κ3) is 3.23. The molecule has 1 aromatic heterocycles. The summed E-state index contributed by atoms with van der Waals surface area (Å²) in [6, 6.07) is 7.75. The van der Waals surface area contributed by atoms with Crippen LogP contribution in [-0.4, -0.2) is 25.3 Å². The van der Waals surface area contributed by atoms with Gasteiger partial charge in [0.2, 0.25) is 0 Å². The second-order valence-corrected chi connectivity index (χ2v) is 6.37. The topological polar surface area (TPSA) is 43.9 Å². The molecule has 0 spiro atoms. The number of quaternary nitrogens is 1. The Bertz CT molecular complexity index is 712. The SMILES string of the molecule is CCc1ccc2oc(=O)cc(C[NH+]3C[C@@H](C)O[C@@H](C)C3)c2c1. The Hall–Kier alpha value is -1.65. The first kappa shape index (κ1) is 15.3. The van der Waals surface area contributed by atoms with Crippen molar-refractivity contribution in [3.05, 3.63) is 45.8 Å². The van der Waals surface area contributed by atoms with Gasteiger partial charge in [-0.3, -0.25) is 0 Å². The molecule has 1 saturated heterocycles. The van der Waals surface area contributed by atoms with E-state index in [1.165, 1.54) is 10.5 Å². The van der Waals surface area contributed by atoms with Crippen molar-refractivity contribution in [2.24, 2.45) is 0 Å². The molecule has 3 rings (SSSR count). The van der Waals surface area contributed by atoms with Gasteiger partial charge in [-0.05, 0) is 38.0 Å². The maximum Gasteiger partial charge on any atom is 0.336 e. The summed E-state index contributed by atoms with van der Waals surface area (Å²) in [5.74, 6) is 0.